The summed E-state index contributed by atoms with van der Waals surface area (Å²) >= 11 is 0. The van der Waals surface area contributed by atoms with Gasteiger partial charge in [0, 0.05) is 18.0 Å². The average molecular weight is 230 g/mol. The third-order valence-electron chi connectivity index (χ3n) is 2.29. The first kappa shape index (κ1) is 11.4. The maximum absolute atomic E-state index is 5.38. The van der Waals surface area contributed by atoms with Gasteiger partial charge in [0.1, 0.15) is 17.3 Å². The molecule has 2 aromatic heterocycles. The molecule has 0 fully saturated rings. The number of rotatable bonds is 3. The Morgan fingerprint density at radius 3 is 2.76 bits per heavy atom. The number of nitrogen functional groups attached to an aromatic ring is 1. The standard InChI is InChI=1S/C11H14N6/c1-3-8-6-10(17-12)16-11(15-8)9-4-5-13-7(2)14-9/h4-6H,3,12H2,1-2H3,(H,15,16,17). The minimum Gasteiger partial charge on any atom is -0.308 e. The number of hydrazine groups is 1. The van der Waals surface area contributed by atoms with Crippen LogP contribution in [0.5, 0.6) is 0 Å². The van der Waals surface area contributed by atoms with Gasteiger partial charge in [0.05, 0.1) is 0 Å². The second-order valence-electron chi connectivity index (χ2n) is 3.56. The van der Waals surface area contributed by atoms with Gasteiger partial charge in [-0.1, -0.05) is 6.92 Å². The minimum atomic E-state index is 0.558. The van der Waals surface area contributed by atoms with Crippen LogP contribution < -0.4 is 11.3 Å². The van der Waals surface area contributed by atoms with Gasteiger partial charge in [-0.05, 0) is 19.4 Å². The van der Waals surface area contributed by atoms with Crippen LogP contribution >= 0.6 is 0 Å². The Balaban J connectivity index is 2.50. The topological polar surface area (TPSA) is 89.6 Å². The van der Waals surface area contributed by atoms with Gasteiger partial charge >= 0.3 is 0 Å². The molecule has 0 bridgehead atoms. The Morgan fingerprint density at radius 2 is 2.12 bits per heavy atom. The lowest BCUT2D eigenvalue weighted by atomic mass is 10.3. The van der Waals surface area contributed by atoms with Crippen LogP contribution in [0.3, 0.4) is 0 Å². The fourth-order valence-electron chi connectivity index (χ4n) is 1.45. The highest BCUT2D eigenvalue weighted by atomic mass is 15.3. The van der Waals surface area contributed by atoms with E-state index in [1.165, 1.54) is 0 Å². The Kier molecular flexibility index (Phi) is 3.24. The molecule has 0 saturated heterocycles. The molecule has 0 aliphatic carbocycles. The molecule has 0 aliphatic rings. The molecule has 3 N–H and O–H groups in total. The highest BCUT2D eigenvalue weighted by molar-refractivity contribution is 5.52. The first-order chi connectivity index (χ1) is 8.22. The zero-order valence-corrected chi connectivity index (χ0v) is 9.81. The molecule has 6 nitrogen and oxygen atoms in total. The van der Waals surface area contributed by atoms with E-state index in [-0.39, 0.29) is 0 Å². The lowest BCUT2D eigenvalue weighted by molar-refractivity contribution is 0.979. The predicted molar refractivity (Wildman–Crippen MR) is 65.0 cm³/mol. The normalized spacial score (nSPS) is 10.3. The molecule has 0 amide bonds. The van der Waals surface area contributed by atoms with Crippen molar-refractivity contribution in [3.8, 4) is 11.5 Å². The summed E-state index contributed by atoms with van der Waals surface area (Å²) in [4.78, 5) is 17.0. The lowest BCUT2D eigenvalue weighted by Gasteiger charge is -2.06. The number of aryl methyl sites for hydroxylation is 2. The largest absolute Gasteiger partial charge is 0.308 e. The van der Waals surface area contributed by atoms with Crippen LogP contribution in [-0.4, -0.2) is 19.9 Å². The summed E-state index contributed by atoms with van der Waals surface area (Å²) in [5, 5.41) is 0. The molecule has 0 aromatic carbocycles. The van der Waals surface area contributed by atoms with Crippen molar-refractivity contribution in [2.45, 2.75) is 20.3 Å². The summed E-state index contributed by atoms with van der Waals surface area (Å²) < 4.78 is 0. The van der Waals surface area contributed by atoms with Crippen LogP contribution in [0.1, 0.15) is 18.4 Å². The van der Waals surface area contributed by atoms with Crippen molar-refractivity contribution < 1.29 is 0 Å². The van der Waals surface area contributed by atoms with Gasteiger partial charge in [-0.3, -0.25) is 0 Å². The summed E-state index contributed by atoms with van der Waals surface area (Å²) in [6, 6.07) is 3.60. The number of anilines is 1. The van der Waals surface area contributed by atoms with E-state index in [1.807, 2.05) is 19.9 Å². The number of nitrogens with one attached hydrogen (secondary N) is 1. The highest BCUT2D eigenvalue weighted by Crippen LogP contribution is 2.15. The minimum absolute atomic E-state index is 0.558. The fourth-order valence-corrected chi connectivity index (χ4v) is 1.45. The summed E-state index contributed by atoms with van der Waals surface area (Å²) in [6.45, 7) is 3.85. The molecule has 0 radical (unpaired) electrons. The first-order valence-electron chi connectivity index (χ1n) is 5.37. The lowest BCUT2D eigenvalue weighted by Crippen LogP contribution is -2.10. The fraction of sp³-hybridized carbons (Fsp3) is 0.273. The van der Waals surface area contributed by atoms with Crippen LogP contribution in [0.4, 0.5) is 5.82 Å². The summed E-state index contributed by atoms with van der Waals surface area (Å²) in [7, 11) is 0. The van der Waals surface area contributed by atoms with Crippen LogP contribution in [0, 0.1) is 6.92 Å². The monoisotopic (exact) mass is 230 g/mol. The van der Waals surface area contributed by atoms with Crippen LogP contribution in [0.25, 0.3) is 11.5 Å². The van der Waals surface area contributed by atoms with Gasteiger partial charge in [0.2, 0.25) is 0 Å². The van der Waals surface area contributed by atoms with Gasteiger partial charge < -0.3 is 5.43 Å². The van der Waals surface area contributed by atoms with E-state index < -0.39 is 0 Å². The molecule has 88 valence electrons. The van der Waals surface area contributed by atoms with Crippen molar-refractivity contribution >= 4 is 5.82 Å². The third-order valence-corrected chi connectivity index (χ3v) is 2.29. The van der Waals surface area contributed by atoms with Crippen LogP contribution in [0.2, 0.25) is 0 Å². The summed E-state index contributed by atoms with van der Waals surface area (Å²) in [5.74, 6) is 7.21. The van der Waals surface area contributed by atoms with Gasteiger partial charge in [-0.25, -0.2) is 25.8 Å². The summed E-state index contributed by atoms with van der Waals surface area (Å²) in [6.07, 6.45) is 2.50. The maximum atomic E-state index is 5.38. The van der Waals surface area contributed by atoms with Crippen molar-refractivity contribution in [2.75, 3.05) is 5.43 Å². The highest BCUT2D eigenvalue weighted by Gasteiger charge is 2.07. The van der Waals surface area contributed by atoms with Crippen molar-refractivity contribution in [1.29, 1.82) is 0 Å². The van der Waals surface area contributed by atoms with Crippen LogP contribution in [0.15, 0.2) is 18.3 Å². The van der Waals surface area contributed by atoms with Crippen molar-refractivity contribution in [3.63, 3.8) is 0 Å². The molecule has 0 atom stereocenters. The van der Waals surface area contributed by atoms with Crippen molar-refractivity contribution in [3.05, 3.63) is 29.8 Å². The number of nitrogens with two attached hydrogens (primary N) is 1. The van der Waals surface area contributed by atoms with E-state index in [9.17, 15) is 0 Å². The van der Waals surface area contributed by atoms with Crippen molar-refractivity contribution in [1.82, 2.24) is 19.9 Å². The number of aromatic nitrogens is 4. The third kappa shape index (κ3) is 2.54. The smallest absolute Gasteiger partial charge is 0.180 e. The van der Waals surface area contributed by atoms with E-state index in [2.05, 4.69) is 25.4 Å². The van der Waals surface area contributed by atoms with Gasteiger partial charge in [-0.2, -0.15) is 0 Å². The summed E-state index contributed by atoms with van der Waals surface area (Å²) in [5.41, 5.74) is 4.15. The van der Waals surface area contributed by atoms with E-state index in [0.717, 1.165) is 12.1 Å². The zero-order valence-electron chi connectivity index (χ0n) is 9.81. The van der Waals surface area contributed by atoms with Crippen LogP contribution in [-0.2, 0) is 6.42 Å². The van der Waals surface area contributed by atoms with E-state index >= 15 is 0 Å². The quantitative estimate of drug-likeness (QED) is 0.606. The maximum Gasteiger partial charge on any atom is 0.180 e. The molecule has 6 heteroatoms. The van der Waals surface area contributed by atoms with E-state index in [1.54, 1.807) is 12.3 Å². The SMILES string of the molecule is CCc1cc(NN)nc(-c2ccnc(C)n2)n1. The zero-order chi connectivity index (χ0) is 12.3. The first-order valence-corrected chi connectivity index (χ1v) is 5.37. The molecular formula is C11H14N6. The van der Waals surface area contributed by atoms with E-state index in [4.69, 9.17) is 5.84 Å². The number of hydrogen-bond donors (Lipinski definition) is 2. The average Bonchev–Trinajstić information content (AvgIpc) is 2.38. The molecule has 0 spiro atoms. The molecule has 2 heterocycles. The van der Waals surface area contributed by atoms with Crippen molar-refractivity contribution in [2.24, 2.45) is 5.84 Å². The van der Waals surface area contributed by atoms with Gasteiger partial charge in [0.25, 0.3) is 0 Å². The Morgan fingerprint density at radius 1 is 1.29 bits per heavy atom. The predicted octanol–water partition coefficient (Wildman–Crippen LogP) is 1.09. The molecule has 2 aromatic rings. The Bertz CT molecular complexity index is 503. The van der Waals surface area contributed by atoms with Gasteiger partial charge in [0.15, 0.2) is 5.82 Å². The molecule has 2 rings (SSSR count). The molecular weight excluding hydrogens is 216 g/mol. The molecule has 0 unspecified atom stereocenters. The molecule has 17 heavy (non-hydrogen) atoms. The van der Waals surface area contributed by atoms with E-state index in [0.29, 0.717) is 23.2 Å². The Hall–Kier alpha value is -2.08. The second-order valence-corrected chi connectivity index (χ2v) is 3.56. The molecule has 0 saturated carbocycles. The Labute approximate surface area is 99.3 Å². The molecule has 0 aliphatic heterocycles. The second kappa shape index (κ2) is 4.84. The number of hydrogen-bond acceptors (Lipinski definition) is 6. The number of nitrogens with zero attached hydrogens (tertiary/aromatic N) is 4. The van der Waals surface area contributed by atoms with Gasteiger partial charge in [-0.15, -0.1) is 0 Å².